The fourth-order valence-corrected chi connectivity index (χ4v) is 6.71. The number of aryl methyl sites for hydroxylation is 1. The number of hydrazine groups is 1. The number of carbonyl (C=O) groups excluding carboxylic acids is 2. The molecule has 6 bridgehead atoms. The van der Waals surface area contributed by atoms with E-state index in [9.17, 15) is 14.7 Å². The number of benzene rings is 2. The third-order valence-electron chi connectivity index (χ3n) is 8.97. The molecule has 0 spiro atoms. The van der Waals surface area contributed by atoms with Crippen LogP contribution in [0.2, 0.25) is 0 Å². The zero-order chi connectivity index (χ0) is 33.9. The Morgan fingerprint density at radius 2 is 2.02 bits per heavy atom. The molecule has 1 fully saturated rings. The second-order valence-electron chi connectivity index (χ2n) is 13.3. The number of nitrogens with zero attached hydrogens (tertiary/aromatic N) is 3. The van der Waals surface area contributed by atoms with Gasteiger partial charge in [0.15, 0.2) is 0 Å². The number of amides is 1. The van der Waals surface area contributed by atoms with Crippen LogP contribution in [-0.4, -0.2) is 71.7 Å². The summed E-state index contributed by atoms with van der Waals surface area (Å²) in [5.74, 6) is -0.595. The normalized spacial score (nSPS) is 21.0. The van der Waals surface area contributed by atoms with Crippen LogP contribution in [0.1, 0.15) is 57.4 Å². The van der Waals surface area contributed by atoms with Crippen molar-refractivity contribution in [3.63, 3.8) is 0 Å². The lowest BCUT2D eigenvalue weighted by Crippen LogP contribution is -2.59. The average molecular weight is 642 g/mol. The van der Waals surface area contributed by atoms with E-state index in [-0.39, 0.29) is 24.7 Å². The number of rotatable bonds is 6. The summed E-state index contributed by atoms with van der Waals surface area (Å²) in [4.78, 5) is 31.4. The van der Waals surface area contributed by atoms with Gasteiger partial charge < -0.3 is 24.9 Å². The highest BCUT2D eigenvalue weighted by Gasteiger charge is 2.33. The summed E-state index contributed by atoms with van der Waals surface area (Å²) in [6.45, 7) is 13.9. The summed E-state index contributed by atoms with van der Waals surface area (Å²) < 4.78 is 13.8. The standard InChI is InChI=1S/C37H47N5O5/c1-7-13-39-32(21-46-6)23(3)34-29-20-37(4,5)22-47-36(45)31-10-9-14-42(40-31)35(44)30(38)17-24-15-26(18-27(43)16-24)25-11-12-33(28(29)19-25)41(34)8-2/h7,11-13,15-16,18-19,30-31,40,43H,1,8-10,14,17,20-22,38H2,2-6H3/b32-23+,39-13-/t30-,31-/m0/s1. The maximum Gasteiger partial charge on any atom is 0.324 e. The van der Waals surface area contributed by atoms with E-state index in [1.165, 1.54) is 5.01 Å². The first-order chi connectivity index (χ1) is 22.5. The molecule has 0 radical (unpaired) electrons. The molecule has 1 amide bonds. The number of nitrogens with two attached hydrogens (primary N) is 1. The molecular weight excluding hydrogens is 594 g/mol. The Labute approximate surface area is 276 Å². The van der Waals surface area contributed by atoms with Gasteiger partial charge in [-0.1, -0.05) is 38.6 Å². The average Bonchev–Trinajstić information content (AvgIpc) is 3.35. The number of nitrogens with one attached hydrogen (secondary N) is 1. The molecule has 5 rings (SSSR count). The number of aromatic hydroxyl groups is 1. The summed E-state index contributed by atoms with van der Waals surface area (Å²) >= 11 is 0. The molecule has 10 nitrogen and oxygen atoms in total. The first-order valence-corrected chi connectivity index (χ1v) is 16.3. The van der Waals surface area contributed by atoms with Crippen LogP contribution in [0.4, 0.5) is 0 Å². The quantitative estimate of drug-likeness (QED) is 0.250. The minimum Gasteiger partial charge on any atom is -0.508 e. The van der Waals surface area contributed by atoms with Crippen molar-refractivity contribution < 1.29 is 24.2 Å². The van der Waals surface area contributed by atoms with Crippen molar-refractivity contribution in [2.24, 2.45) is 16.1 Å². The third-order valence-corrected chi connectivity index (χ3v) is 8.97. The van der Waals surface area contributed by atoms with Crippen molar-refractivity contribution in [3.8, 4) is 16.9 Å². The number of cyclic esters (lactones) is 1. The number of aliphatic imine (C=N–C) groups is 1. The smallest absolute Gasteiger partial charge is 0.324 e. The predicted molar refractivity (Wildman–Crippen MR) is 186 cm³/mol. The molecule has 3 aromatic rings. The van der Waals surface area contributed by atoms with Crippen molar-refractivity contribution in [2.75, 3.05) is 26.9 Å². The van der Waals surface area contributed by atoms with Gasteiger partial charge in [-0.15, -0.1) is 0 Å². The van der Waals surface area contributed by atoms with Crippen molar-refractivity contribution >= 4 is 34.6 Å². The minimum atomic E-state index is -0.861. The van der Waals surface area contributed by atoms with Crippen LogP contribution >= 0.6 is 0 Å². The summed E-state index contributed by atoms with van der Waals surface area (Å²) in [6, 6.07) is 10.2. The van der Waals surface area contributed by atoms with E-state index in [1.807, 2.05) is 6.07 Å². The number of fused-ring (bicyclic) bond motifs is 6. The maximum absolute atomic E-state index is 13.3. The van der Waals surface area contributed by atoms with E-state index in [0.29, 0.717) is 32.4 Å². The van der Waals surface area contributed by atoms with E-state index in [0.717, 1.165) is 56.7 Å². The van der Waals surface area contributed by atoms with Gasteiger partial charge in [0.1, 0.15) is 11.8 Å². The lowest BCUT2D eigenvalue weighted by molar-refractivity contribution is -0.154. The maximum atomic E-state index is 13.3. The Morgan fingerprint density at radius 3 is 2.74 bits per heavy atom. The van der Waals surface area contributed by atoms with E-state index in [1.54, 1.807) is 31.5 Å². The largest absolute Gasteiger partial charge is 0.508 e. The number of phenolic OH excluding ortho intramolecular Hbond substituents is 1. The van der Waals surface area contributed by atoms with Crippen molar-refractivity contribution in [3.05, 3.63) is 71.6 Å². The van der Waals surface area contributed by atoms with E-state index < -0.39 is 23.5 Å². The first kappa shape index (κ1) is 34.1. The highest BCUT2D eigenvalue weighted by atomic mass is 16.5. The third kappa shape index (κ3) is 7.35. The van der Waals surface area contributed by atoms with Crippen LogP contribution in [0, 0.1) is 5.41 Å². The van der Waals surface area contributed by atoms with Gasteiger partial charge in [-0.25, -0.2) is 5.43 Å². The van der Waals surface area contributed by atoms with Gasteiger partial charge in [0.2, 0.25) is 0 Å². The number of methoxy groups -OCH3 is 1. The van der Waals surface area contributed by atoms with Gasteiger partial charge in [0.05, 0.1) is 25.0 Å². The number of carbonyl (C=O) groups is 2. The number of esters is 1. The van der Waals surface area contributed by atoms with Gasteiger partial charge in [0, 0.05) is 48.4 Å². The molecule has 0 aliphatic carbocycles. The SMILES string of the molecule is C=C/C=N\C(COC)=C(/C)c1c2c3cc(ccc3n1CC)-c1cc(O)cc(c1)C[C@H](N)C(=O)N1CCC[C@H](N1)C(=O)OCC(C)(C)C2. The summed E-state index contributed by atoms with van der Waals surface area (Å²) in [6.07, 6.45) is 5.36. The summed E-state index contributed by atoms with van der Waals surface area (Å²) in [7, 11) is 1.66. The Kier molecular flexibility index (Phi) is 10.3. The fraction of sp³-hybridized carbons (Fsp3) is 0.432. The molecule has 2 aliphatic rings. The van der Waals surface area contributed by atoms with Gasteiger partial charge in [0.25, 0.3) is 5.91 Å². The van der Waals surface area contributed by atoms with Gasteiger partial charge in [-0.05, 0) is 91.6 Å². The number of aromatic nitrogens is 1. The Bertz CT molecular complexity index is 1740. The predicted octanol–water partition coefficient (Wildman–Crippen LogP) is 5.16. The van der Waals surface area contributed by atoms with Crippen LogP contribution in [0.5, 0.6) is 5.75 Å². The molecule has 2 atom stereocenters. The fourth-order valence-electron chi connectivity index (χ4n) is 6.71. The molecule has 0 unspecified atom stereocenters. The number of ether oxygens (including phenoxy) is 2. The molecule has 4 N–H and O–H groups in total. The topological polar surface area (TPSA) is 131 Å². The molecule has 1 saturated heterocycles. The van der Waals surface area contributed by atoms with Crippen LogP contribution in [-0.2, 0) is 38.4 Å². The lowest BCUT2D eigenvalue weighted by Gasteiger charge is -2.35. The number of allylic oxidation sites excluding steroid dienone is 2. The Hall–Kier alpha value is -4.25. The van der Waals surface area contributed by atoms with E-state index in [4.69, 9.17) is 15.2 Å². The van der Waals surface area contributed by atoms with Crippen molar-refractivity contribution in [1.29, 1.82) is 0 Å². The molecule has 2 aliphatic heterocycles. The molecule has 10 heteroatoms. The van der Waals surface area contributed by atoms with E-state index >= 15 is 0 Å². The van der Waals surface area contributed by atoms with Gasteiger partial charge in [-0.3, -0.25) is 19.6 Å². The van der Waals surface area contributed by atoms with Crippen LogP contribution in [0.25, 0.3) is 27.6 Å². The van der Waals surface area contributed by atoms with Crippen LogP contribution in [0.3, 0.4) is 0 Å². The van der Waals surface area contributed by atoms with Crippen molar-refractivity contribution in [1.82, 2.24) is 15.0 Å². The molecular formula is C37H47N5O5. The van der Waals surface area contributed by atoms with Crippen LogP contribution in [0.15, 0.2) is 59.7 Å². The minimum absolute atomic E-state index is 0.0989. The van der Waals surface area contributed by atoms with Crippen molar-refractivity contribution in [2.45, 2.75) is 72.0 Å². The van der Waals surface area contributed by atoms with E-state index in [2.05, 4.69) is 67.5 Å². The van der Waals surface area contributed by atoms with Gasteiger partial charge in [-0.2, -0.15) is 0 Å². The number of hydrogen-bond donors (Lipinski definition) is 3. The van der Waals surface area contributed by atoms with Crippen LogP contribution < -0.4 is 11.2 Å². The Morgan fingerprint density at radius 1 is 1.23 bits per heavy atom. The molecule has 2 aromatic carbocycles. The van der Waals surface area contributed by atoms with Gasteiger partial charge >= 0.3 is 5.97 Å². The molecule has 0 saturated carbocycles. The zero-order valence-corrected chi connectivity index (χ0v) is 28.1. The summed E-state index contributed by atoms with van der Waals surface area (Å²) in [5.41, 5.74) is 16.5. The molecule has 250 valence electrons. The molecule has 3 heterocycles. The lowest BCUT2D eigenvalue weighted by atomic mass is 9.84. The second-order valence-corrected chi connectivity index (χ2v) is 13.3. The number of hydrogen-bond acceptors (Lipinski definition) is 8. The Balaban J connectivity index is 1.74. The highest BCUT2D eigenvalue weighted by Crippen LogP contribution is 2.39. The monoisotopic (exact) mass is 641 g/mol. The first-order valence-electron chi connectivity index (χ1n) is 16.3. The molecule has 1 aromatic heterocycles. The second kappa shape index (κ2) is 14.3. The summed E-state index contributed by atoms with van der Waals surface area (Å²) in [5, 5.41) is 13.3. The molecule has 47 heavy (non-hydrogen) atoms. The zero-order valence-electron chi connectivity index (χ0n) is 28.1. The highest BCUT2D eigenvalue weighted by molar-refractivity contribution is 5.94. The number of phenols is 1.